The van der Waals surface area contributed by atoms with Gasteiger partial charge in [0.05, 0.1) is 15.6 Å². The Balaban J connectivity index is 1.62. The van der Waals surface area contributed by atoms with Crippen molar-refractivity contribution in [2.75, 3.05) is 5.32 Å². The van der Waals surface area contributed by atoms with E-state index in [9.17, 15) is 9.59 Å². The normalized spacial score (nSPS) is 13.2. The summed E-state index contributed by atoms with van der Waals surface area (Å²) in [6.45, 7) is 0. The molecule has 144 valence electrons. The Kier molecular flexibility index (Phi) is 5.19. The molecule has 1 aliphatic carbocycles. The van der Waals surface area contributed by atoms with Gasteiger partial charge < -0.3 is 15.5 Å². The summed E-state index contributed by atoms with van der Waals surface area (Å²) < 4.78 is 5.68. The minimum absolute atomic E-state index is 0.104. The third-order valence-electron chi connectivity index (χ3n) is 4.69. The lowest BCUT2D eigenvalue weighted by Gasteiger charge is -2.11. The first-order chi connectivity index (χ1) is 13.5. The topological polar surface area (TPSA) is 85.3 Å². The first-order valence-corrected chi connectivity index (χ1v) is 10.3. The summed E-state index contributed by atoms with van der Waals surface area (Å²) in [6, 6.07) is 8.39. The molecule has 0 aliphatic heterocycles. The third kappa shape index (κ3) is 3.43. The number of benzene rings is 1. The Bertz CT molecular complexity index is 1090. The third-order valence-corrected chi connectivity index (χ3v) is 6.72. The van der Waals surface area contributed by atoms with Gasteiger partial charge in [0.2, 0.25) is 0 Å². The van der Waals surface area contributed by atoms with E-state index in [1.165, 1.54) is 11.3 Å². The average molecular weight is 435 g/mol. The van der Waals surface area contributed by atoms with Gasteiger partial charge in [0, 0.05) is 10.4 Å². The predicted octanol–water partition coefficient (Wildman–Crippen LogP) is 5.54. The Hall–Kier alpha value is -2.28. The molecule has 2 heterocycles. The molecular weight excluding hydrogens is 419 g/mol. The number of thiophene rings is 1. The molecule has 5 nitrogen and oxygen atoms in total. The van der Waals surface area contributed by atoms with Gasteiger partial charge in [-0.25, -0.2) is 0 Å². The number of halogens is 2. The largest absolute Gasteiger partial charge is 0.451 e. The van der Waals surface area contributed by atoms with E-state index >= 15 is 0 Å². The monoisotopic (exact) mass is 434 g/mol. The number of primary amides is 1. The highest BCUT2D eigenvalue weighted by molar-refractivity contribution is 7.17. The number of hydrogen-bond donors (Lipinski definition) is 2. The SMILES string of the molecule is NC(=O)c1c(NC(=O)c2ccc(-c3cccc(Cl)c3Cl)o2)sc2c1CCCC2. The van der Waals surface area contributed by atoms with Crippen LogP contribution in [0.15, 0.2) is 34.7 Å². The van der Waals surface area contributed by atoms with E-state index in [1.54, 1.807) is 30.3 Å². The van der Waals surface area contributed by atoms with Crippen LogP contribution in [-0.2, 0) is 12.8 Å². The first-order valence-electron chi connectivity index (χ1n) is 8.75. The summed E-state index contributed by atoms with van der Waals surface area (Å²) >= 11 is 13.7. The van der Waals surface area contributed by atoms with Crippen molar-refractivity contribution in [1.82, 2.24) is 0 Å². The molecule has 0 saturated carbocycles. The van der Waals surface area contributed by atoms with Gasteiger partial charge in [-0.2, -0.15) is 0 Å². The van der Waals surface area contributed by atoms with E-state index in [0.29, 0.717) is 31.9 Å². The predicted molar refractivity (Wildman–Crippen MR) is 112 cm³/mol. The Morgan fingerprint density at radius 2 is 1.89 bits per heavy atom. The highest BCUT2D eigenvalue weighted by Gasteiger charge is 2.26. The van der Waals surface area contributed by atoms with Gasteiger partial charge in [0.15, 0.2) is 5.76 Å². The number of nitrogens with two attached hydrogens (primary N) is 1. The fourth-order valence-corrected chi connectivity index (χ4v) is 5.06. The molecule has 28 heavy (non-hydrogen) atoms. The molecule has 0 spiro atoms. The molecule has 0 unspecified atom stereocenters. The molecule has 0 saturated heterocycles. The average Bonchev–Trinajstić information content (AvgIpc) is 3.28. The quantitative estimate of drug-likeness (QED) is 0.564. The zero-order valence-electron chi connectivity index (χ0n) is 14.7. The molecule has 3 aromatic rings. The van der Waals surface area contributed by atoms with Crippen molar-refractivity contribution in [3.8, 4) is 11.3 Å². The summed E-state index contributed by atoms with van der Waals surface area (Å²) in [6.07, 6.45) is 3.78. The summed E-state index contributed by atoms with van der Waals surface area (Å²) in [5.41, 5.74) is 7.55. The summed E-state index contributed by atoms with van der Waals surface area (Å²) in [5.74, 6) is -0.447. The summed E-state index contributed by atoms with van der Waals surface area (Å²) in [4.78, 5) is 25.8. The highest BCUT2D eigenvalue weighted by Crippen LogP contribution is 2.38. The van der Waals surface area contributed by atoms with Crippen molar-refractivity contribution >= 4 is 51.4 Å². The molecule has 1 aliphatic rings. The van der Waals surface area contributed by atoms with E-state index in [0.717, 1.165) is 36.1 Å². The lowest BCUT2D eigenvalue weighted by Crippen LogP contribution is -2.18. The maximum atomic E-state index is 12.7. The van der Waals surface area contributed by atoms with Gasteiger partial charge in [-0.15, -0.1) is 11.3 Å². The van der Waals surface area contributed by atoms with Crippen LogP contribution in [-0.4, -0.2) is 11.8 Å². The van der Waals surface area contributed by atoms with Crippen molar-refractivity contribution in [3.63, 3.8) is 0 Å². The number of anilines is 1. The van der Waals surface area contributed by atoms with Crippen molar-refractivity contribution in [2.24, 2.45) is 5.73 Å². The molecule has 8 heteroatoms. The van der Waals surface area contributed by atoms with Crippen LogP contribution < -0.4 is 11.1 Å². The van der Waals surface area contributed by atoms with Gasteiger partial charge in [-0.1, -0.05) is 29.3 Å². The van der Waals surface area contributed by atoms with Crippen LogP contribution in [0.3, 0.4) is 0 Å². The fraction of sp³-hybridized carbons (Fsp3) is 0.200. The van der Waals surface area contributed by atoms with Gasteiger partial charge in [-0.3, -0.25) is 9.59 Å². The van der Waals surface area contributed by atoms with Gasteiger partial charge in [0.1, 0.15) is 10.8 Å². The molecule has 0 radical (unpaired) electrons. The van der Waals surface area contributed by atoms with Crippen molar-refractivity contribution < 1.29 is 14.0 Å². The number of carbonyl (C=O) groups is 2. The maximum Gasteiger partial charge on any atom is 0.292 e. The minimum Gasteiger partial charge on any atom is -0.451 e. The summed E-state index contributed by atoms with van der Waals surface area (Å²) in [7, 11) is 0. The second-order valence-electron chi connectivity index (χ2n) is 6.50. The molecule has 4 rings (SSSR count). The van der Waals surface area contributed by atoms with Crippen LogP contribution in [0.25, 0.3) is 11.3 Å². The minimum atomic E-state index is -0.527. The Labute approximate surface area is 175 Å². The maximum absolute atomic E-state index is 12.7. The van der Waals surface area contributed by atoms with Crippen LogP contribution in [0.1, 0.15) is 44.2 Å². The lowest BCUT2D eigenvalue weighted by atomic mass is 9.95. The van der Waals surface area contributed by atoms with Crippen LogP contribution in [0.2, 0.25) is 10.0 Å². The number of carbonyl (C=O) groups excluding carboxylic acids is 2. The van der Waals surface area contributed by atoms with E-state index in [-0.39, 0.29) is 5.76 Å². The number of furan rings is 1. The molecule has 2 aromatic heterocycles. The van der Waals surface area contributed by atoms with Gasteiger partial charge >= 0.3 is 0 Å². The standard InChI is InChI=1S/C20H16Cl2N2O3S/c21-12-6-3-5-10(17(12)22)13-8-9-14(27-13)19(26)24-20-16(18(23)25)11-4-1-2-7-15(11)28-20/h3,5-6,8-9H,1-2,4,7H2,(H2,23,25)(H,24,26). The zero-order chi connectivity index (χ0) is 19.8. The van der Waals surface area contributed by atoms with E-state index in [2.05, 4.69) is 5.32 Å². The van der Waals surface area contributed by atoms with E-state index in [4.69, 9.17) is 33.4 Å². The van der Waals surface area contributed by atoms with Crippen molar-refractivity contribution in [3.05, 3.63) is 62.1 Å². The number of amides is 2. The number of rotatable bonds is 4. The smallest absolute Gasteiger partial charge is 0.292 e. The summed E-state index contributed by atoms with van der Waals surface area (Å²) in [5, 5.41) is 4.01. The second-order valence-corrected chi connectivity index (χ2v) is 8.39. The first kappa shape index (κ1) is 19.1. The van der Waals surface area contributed by atoms with Crippen LogP contribution in [0, 0.1) is 0 Å². The number of hydrogen-bond acceptors (Lipinski definition) is 4. The molecular formula is C20H16Cl2N2O3S. The highest BCUT2D eigenvalue weighted by atomic mass is 35.5. The zero-order valence-corrected chi connectivity index (χ0v) is 17.0. The Morgan fingerprint density at radius 3 is 2.68 bits per heavy atom. The second kappa shape index (κ2) is 7.62. The van der Waals surface area contributed by atoms with E-state index in [1.807, 2.05) is 0 Å². The lowest BCUT2D eigenvalue weighted by molar-refractivity contribution is 0.0997. The number of aryl methyl sites for hydroxylation is 1. The molecule has 1 aromatic carbocycles. The number of fused-ring (bicyclic) bond motifs is 1. The number of nitrogens with one attached hydrogen (secondary N) is 1. The van der Waals surface area contributed by atoms with Gasteiger partial charge in [-0.05, 0) is 55.5 Å². The van der Waals surface area contributed by atoms with Crippen LogP contribution in [0.4, 0.5) is 5.00 Å². The van der Waals surface area contributed by atoms with Crippen molar-refractivity contribution in [1.29, 1.82) is 0 Å². The Morgan fingerprint density at radius 1 is 1.11 bits per heavy atom. The molecule has 2 amide bonds. The molecule has 3 N–H and O–H groups in total. The fourth-order valence-electron chi connectivity index (χ4n) is 3.38. The van der Waals surface area contributed by atoms with Gasteiger partial charge in [0.25, 0.3) is 11.8 Å². The molecule has 0 fully saturated rings. The van der Waals surface area contributed by atoms with Crippen LogP contribution >= 0.6 is 34.5 Å². The van der Waals surface area contributed by atoms with Crippen molar-refractivity contribution in [2.45, 2.75) is 25.7 Å². The molecule has 0 atom stereocenters. The molecule has 0 bridgehead atoms. The van der Waals surface area contributed by atoms with Crippen LogP contribution in [0.5, 0.6) is 0 Å². The van der Waals surface area contributed by atoms with E-state index < -0.39 is 11.8 Å².